The van der Waals surface area contributed by atoms with E-state index >= 15 is 0 Å². The van der Waals surface area contributed by atoms with Crippen LogP contribution in [0.4, 0.5) is 13.2 Å². The highest BCUT2D eigenvalue weighted by molar-refractivity contribution is 4.84. The van der Waals surface area contributed by atoms with Gasteiger partial charge in [0.1, 0.15) is 0 Å². The summed E-state index contributed by atoms with van der Waals surface area (Å²) in [5.74, 6) is 0. The molecule has 1 fully saturated rings. The zero-order valence-electron chi connectivity index (χ0n) is 8.79. The molecule has 0 bridgehead atoms. The molecule has 0 amide bonds. The molecule has 0 saturated carbocycles. The second-order valence-electron chi connectivity index (χ2n) is 4.08. The molecule has 1 aliphatic heterocycles. The molecule has 0 aromatic rings. The largest absolute Gasteiger partial charge is 0.415 e. The number of nitrogens with zero attached hydrogens (tertiary/aromatic N) is 1. The van der Waals surface area contributed by atoms with Crippen LogP contribution in [0.25, 0.3) is 0 Å². The lowest BCUT2D eigenvalue weighted by Crippen LogP contribution is -2.56. The van der Waals surface area contributed by atoms with E-state index in [1.54, 1.807) is 0 Å². The third-order valence-electron chi connectivity index (χ3n) is 2.20. The van der Waals surface area contributed by atoms with Gasteiger partial charge in [0.2, 0.25) is 0 Å². The molecule has 6 heteroatoms. The van der Waals surface area contributed by atoms with Gasteiger partial charge in [0.05, 0.1) is 12.2 Å². The summed E-state index contributed by atoms with van der Waals surface area (Å²) in [4.78, 5) is 1.53. The number of hydrogen-bond acceptors (Lipinski definition) is 3. The van der Waals surface area contributed by atoms with Crippen molar-refractivity contribution in [3.63, 3.8) is 0 Å². The third kappa shape index (κ3) is 3.96. The van der Waals surface area contributed by atoms with Crippen molar-refractivity contribution in [2.24, 2.45) is 0 Å². The molecule has 15 heavy (non-hydrogen) atoms. The van der Waals surface area contributed by atoms with Gasteiger partial charge in [-0.25, -0.2) is 0 Å². The lowest BCUT2D eigenvalue weighted by atomic mass is 10.1. The Balaban J connectivity index is 2.18. The summed E-state index contributed by atoms with van der Waals surface area (Å²) in [5.41, 5.74) is 0. The van der Waals surface area contributed by atoms with Gasteiger partial charge in [0, 0.05) is 19.6 Å². The van der Waals surface area contributed by atoms with E-state index in [0.717, 1.165) is 0 Å². The lowest BCUT2D eigenvalue weighted by Gasteiger charge is -2.40. The van der Waals surface area contributed by atoms with Crippen LogP contribution < -0.4 is 0 Å². The minimum absolute atomic E-state index is 0.00503. The first-order valence-electron chi connectivity index (χ1n) is 4.91. The molecule has 1 unspecified atom stereocenters. The molecule has 0 aromatic heterocycles. The molecule has 1 heterocycles. The SMILES string of the molecule is CC(C)OC1CN(CC(O)C(F)(F)F)C1. The normalized spacial score (nSPS) is 21.8. The quantitative estimate of drug-likeness (QED) is 0.778. The van der Waals surface area contributed by atoms with Crippen molar-refractivity contribution < 1.29 is 23.0 Å². The van der Waals surface area contributed by atoms with Gasteiger partial charge in [-0.3, -0.25) is 4.90 Å². The van der Waals surface area contributed by atoms with Crippen LogP contribution in [0.5, 0.6) is 0 Å². The molecule has 0 aromatic carbocycles. The Morgan fingerprint density at radius 1 is 1.40 bits per heavy atom. The summed E-state index contributed by atoms with van der Waals surface area (Å²) in [6.07, 6.45) is -6.68. The summed E-state index contributed by atoms with van der Waals surface area (Å²) >= 11 is 0. The molecule has 1 saturated heterocycles. The monoisotopic (exact) mass is 227 g/mol. The zero-order chi connectivity index (χ0) is 11.6. The predicted molar refractivity (Wildman–Crippen MR) is 48.5 cm³/mol. The van der Waals surface area contributed by atoms with Crippen molar-refractivity contribution in [2.75, 3.05) is 19.6 Å². The molecular weight excluding hydrogens is 211 g/mol. The van der Waals surface area contributed by atoms with Crippen LogP contribution in [-0.2, 0) is 4.74 Å². The minimum atomic E-state index is -4.52. The number of aliphatic hydroxyl groups excluding tert-OH is 1. The van der Waals surface area contributed by atoms with E-state index in [-0.39, 0.29) is 18.8 Å². The Kier molecular flexibility index (Phi) is 3.97. The van der Waals surface area contributed by atoms with Crippen molar-refractivity contribution in [3.05, 3.63) is 0 Å². The molecule has 90 valence electrons. The van der Waals surface area contributed by atoms with Gasteiger partial charge in [-0.05, 0) is 13.8 Å². The van der Waals surface area contributed by atoms with Gasteiger partial charge in [-0.1, -0.05) is 0 Å². The summed E-state index contributed by atoms with van der Waals surface area (Å²) in [6, 6.07) is 0. The van der Waals surface area contributed by atoms with Crippen LogP contribution in [0.3, 0.4) is 0 Å². The maximum atomic E-state index is 12.0. The Morgan fingerprint density at radius 3 is 2.33 bits per heavy atom. The molecule has 1 N–H and O–H groups in total. The lowest BCUT2D eigenvalue weighted by molar-refractivity contribution is -0.215. The molecule has 1 rings (SSSR count). The first-order valence-corrected chi connectivity index (χ1v) is 4.91. The number of β-amino-alcohol motifs (C(OH)–C–C–N with tert-alkyl or cyclic N) is 1. The minimum Gasteiger partial charge on any atom is -0.382 e. The number of ether oxygens (including phenoxy) is 1. The number of rotatable bonds is 4. The van der Waals surface area contributed by atoms with E-state index in [1.165, 1.54) is 4.90 Å². The second-order valence-corrected chi connectivity index (χ2v) is 4.08. The van der Waals surface area contributed by atoms with Gasteiger partial charge in [0.25, 0.3) is 0 Å². The molecule has 0 spiro atoms. The van der Waals surface area contributed by atoms with E-state index in [0.29, 0.717) is 13.1 Å². The fourth-order valence-corrected chi connectivity index (χ4v) is 1.49. The fraction of sp³-hybridized carbons (Fsp3) is 1.00. The average Bonchev–Trinajstić information content (AvgIpc) is 1.97. The van der Waals surface area contributed by atoms with Crippen LogP contribution in [0.15, 0.2) is 0 Å². The van der Waals surface area contributed by atoms with E-state index in [1.807, 2.05) is 13.8 Å². The molecular formula is C9H16F3NO2. The van der Waals surface area contributed by atoms with Crippen molar-refractivity contribution in [2.45, 2.75) is 38.3 Å². The van der Waals surface area contributed by atoms with Crippen LogP contribution in [0.1, 0.15) is 13.8 Å². The summed E-state index contributed by atoms with van der Waals surface area (Å²) in [5, 5.41) is 8.78. The highest BCUT2D eigenvalue weighted by atomic mass is 19.4. The van der Waals surface area contributed by atoms with Gasteiger partial charge in [-0.15, -0.1) is 0 Å². The topological polar surface area (TPSA) is 32.7 Å². The van der Waals surface area contributed by atoms with Crippen molar-refractivity contribution >= 4 is 0 Å². The van der Waals surface area contributed by atoms with Crippen LogP contribution >= 0.6 is 0 Å². The van der Waals surface area contributed by atoms with E-state index in [9.17, 15) is 13.2 Å². The fourth-order valence-electron chi connectivity index (χ4n) is 1.49. The second kappa shape index (κ2) is 4.67. The van der Waals surface area contributed by atoms with Crippen LogP contribution in [0.2, 0.25) is 0 Å². The molecule has 1 aliphatic rings. The average molecular weight is 227 g/mol. The highest BCUT2D eigenvalue weighted by Crippen LogP contribution is 2.23. The number of alkyl halides is 3. The Labute approximate surface area is 86.8 Å². The maximum Gasteiger partial charge on any atom is 0.415 e. The summed E-state index contributed by atoms with van der Waals surface area (Å²) < 4.78 is 41.3. The van der Waals surface area contributed by atoms with Crippen molar-refractivity contribution in [3.8, 4) is 0 Å². The van der Waals surface area contributed by atoms with Crippen LogP contribution in [0, 0.1) is 0 Å². The Bertz CT molecular complexity index is 202. The van der Waals surface area contributed by atoms with Gasteiger partial charge >= 0.3 is 6.18 Å². The van der Waals surface area contributed by atoms with Gasteiger partial charge < -0.3 is 9.84 Å². The van der Waals surface area contributed by atoms with Gasteiger partial charge in [-0.2, -0.15) is 13.2 Å². The maximum absolute atomic E-state index is 12.0. The first-order chi connectivity index (χ1) is 6.79. The number of likely N-dealkylation sites (tertiary alicyclic amines) is 1. The van der Waals surface area contributed by atoms with Crippen LogP contribution in [-0.4, -0.2) is 54.1 Å². The number of halogens is 3. The standard InChI is InChI=1S/C9H16F3NO2/c1-6(2)15-7-3-13(4-7)5-8(14)9(10,11)12/h6-8,14H,3-5H2,1-2H3. The predicted octanol–water partition coefficient (Wildman–Crippen LogP) is 1.02. The van der Waals surface area contributed by atoms with Crippen molar-refractivity contribution in [1.82, 2.24) is 4.90 Å². The molecule has 3 nitrogen and oxygen atoms in total. The number of hydrogen-bond donors (Lipinski definition) is 1. The summed E-state index contributed by atoms with van der Waals surface area (Å²) in [7, 11) is 0. The third-order valence-corrected chi connectivity index (χ3v) is 2.20. The zero-order valence-corrected chi connectivity index (χ0v) is 8.79. The Hall–Kier alpha value is -0.330. The number of aliphatic hydroxyl groups is 1. The summed E-state index contributed by atoms with van der Waals surface area (Å²) in [6.45, 7) is 4.33. The van der Waals surface area contributed by atoms with E-state index in [4.69, 9.17) is 9.84 Å². The first kappa shape index (κ1) is 12.7. The Morgan fingerprint density at radius 2 is 1.93 bits per heavy atom. The van der Waals surface area contributed by atoms with Gasteiger partial charge in [0.15, 0.2) is 6.10 Å². The molecule has 0 radical (unpaired) electrons. The molecule has 0 aliphatic carbocycles. The smallest absolute Gasteiger partial charge is 0.382 e. The highest BCUT2D eigenvalue weighted by Gasteiger charge is 2.41. The van der Waals surface area contributed by atoms with Crippen molar-refractivity contribution in [1.29, 1.82) is 0 Å². The van der Waals surface area contributed by atoms with E-state index in [2.05, 4.69) is 0 Å². The van der Waals surface area contributed by atoms with E-state index < -0.39 is 12.3 Å². The molecule has 1 atom stereocenters.